The summed E-state index contributed by atoms with van der Waals surface area (Å²) in [7, 11) is 1.99. The number of benzene rings is 3. The van der Waals surface area contributed by atoms with E-state index in [0.29, 0.717) is 11.3 Å². The van der Waals surface area contributed by atoms with Gasteiger partial charge in [0.15, 0.2) is 11.8 Å². The Morgan fingerprint density at radius 2 is 1.58 bits per heavy atom. The van der Waals surface area contributed by atoms with Gasteiger partial charge in [0.2, 0.25) is 11.4 Å². The fourth-order valence-electron chi connectivity index (χ4n) is 5.25. The van der Waals surface area contributed by atoms with Gasteiger partial charge in [-0.2, -0.15) is 0 Å². The summed E-state index contributed by atoms with van der Waals surface area (Å²) in [6.07, 6.45) is 3.72. The molecule has 0 N–H and O–H groups in total. The molecule has 3 heteroatoms. The Bertz CT molecular complexity index is 1880. The number of aromatic nitrogens is 2. The Morgan fingerprint density at radius 1 is 0.778 bits per heavy atom. The van der Waals surface area contributed by atoms with Gasteiger partial charge in [-0.15, -0.1) is 0 Å². The molecule has 6 rings (SSSR count). The molecule has 3 heterocycles. The molecular formula is C33H29N2O+. The van der Waals surface area contributed by atoms with Gasteiger partial charge in [-0.05, 0) is 79.2 Å². The van der Waals surface area contributed by atoms with Crippen molar-refractivity contribution in [2.75, 3.05) is 0 Å². The lowest BCUT2D eigenvalue weighted by Crippen LogP contribution is -2.31. The van der Waals surface area contributed by atoms with Gasteiger partial charge in [0.25, 0.3) is 0 Å². The van der Waals surface area contributed by atoms with E-state index in [-0.39, 0.29) is 0 Å². The van der Waals surface area contributed by atoms with E-state index >= 15 is 0 Å². The van der Waals surface area contributed by atoms with Crippen molar-refractivity contribution in [2.24, 2.45) is 7.05 Å². The Balaban J connectivity index is 1.67. The Morgan fingerprint density at radius 3 is 2.39 bits per heavy atom. The summed E-state index contributed by atoms with van der Waals surface area (Å²) in [5, 5.41) is 1.94. The maximum Gasteiger partial charge on any atom is 0.227 e. The van der Waals surface area contributed by atoms with Gasteiger partial charge < -0.3 is 4.42 Å². The molecule has 0 aliphatic carbocycles. The van der Waals surface area contributed by atoms with Crippen LogP contribution in [0.1, 0.15) is 26.4 Å². The number of furan rings is 1. The van der Waals surface area contributed by atoms with E-state index in [0.717, 1.165) is 66.6 Å². The van der Waals surface area contributed by atoms with Crippen molar-refractivity contribution < 1.29 is 13.1 Å². The Labute approximate surface area is 215 Å². The van der Waals surface area contributed by atoms with Crippen LogP contribution in [-0.4, -0.2) is 4.98 Å². The summed E-state index contributed by atoms with van der Waals surface area (Å²) >= 11 is 0. The minimum atomic E-state index is -2.31. The predicted octanol–water partition coefficient (Wildman–Crippen LogP) is 8.04. The van der Waals surface area contributed by atoms with E-state index in [1.54, 1.807) is 6.20 Å². The lowest BCUT2D eigenvalue weighted by Gasteiger charge is -2.16. The SMILES string of the molecule is [2H]C([2H])([2H])c1cc(-c2ccc(C)cc2)cc(C)c1-c1ccc[n+](C)c1-c1c(C)ccc2c1oc1ncccc12. The Hall–Kier alpha value is -4.24. The molecule has 0 atom stereocenters. The molecule has 0 spiro atoms. The molecule has 3 aromatic carbocycles. The monoisotopic (exact) mass is 472 g/mol. The fourth-order valence-corrected chi connectivity index (χ4v) is 5.25. The summed E-state index contributed by atoms with van der Waals surface area (Å²) < 4.78 is 34.0. The van der Waals surface area contributed by atoms with Crippen molar-refractivity contribution in [1.82, 2.24) is 4.98 Å². The molecule has 0 saturated heterocycles. The minimum Gasteiger partial charge on any atom is -0.437 e. The van der Waals surface area contributed by atoms with Gasteiger partial charge in [0.1, 0.15) is 7.05 Å². The number of fused-ring (bicyclic) bond motifs is 3. The van der Waals surface area contributed by atoms with E-state index in [9.17, 15) is 0 Å². The summed E-state index contributed by atoms with van der Waals surface area (Å²) in [5.41, 5.74) is 10.1. The van der Waals surface area contributed by atoms with Gasteiger partial charge in [0.05, 0.1) is 11.1 Å². The molecule has 3 nitrogen and oxygen atoms in total. The third kappa shape index (κ3) is 3.51. The first-order valence-corrected chi connectivity index (χ1v) is 12.1. The van der Waals surface area contributed by atoms with Crippen LogP contribution in [0.25, 0.3) is 55.6 Å². The van der Waals surface area contributed by atoms with Crippen LogP contribution in [0.5, 0.6) is 0 Å². The van der Waals surface area contributed by atoms with Crippen molar-refractivity contribution in [3.05, 3.63) is 107 Å². The van der Waals surface area contributed by atoms with Gasteiger partial charge in [-0.25, -0.2) is 9.55 Å². The van der Waals surface area contributed by atoms with E-state index in [1.807, 2.05) is 74.1 Å². The highest BCUT2D eigenvalue weighted by molar-refractivity contribution is 6.09. The molecule has 0 aliphatic heterocycles. The zero-order chi connectivity index (χ0) is 27.5. The summed E-state index contributed by atoms with van der Waals surface area (Å²) in [5.74, 6) is 0. The van der Waals surface area contributed by atoms with Crippen molar-refractivity contribution in [3.8, 4) is 33.5 Å². The average Bonchev–Trinajstić information content (AvgIpc) is 3.27. The second-order valence-electron chi connectivity index (χ2n) is 9.56. The normalized spacial score (nSPS) is 13.1. The zero-order valence-corrected chi connectivity index (χ0v) is 20.9. The lowest BCUT2D eigenvalue weighted by atomic mass is 9.88. The number of rotatable bonds is 3. The van der Waals surface area contributed by atoms with Crippen molar-refractivity contribution >= 4 is 22.1 Å². The fraction of sp³-hybridized carbons (Fsp3) is 0.152. The standard InChI is InChI=1S/C33H29N2O/c1-20-10-13-24(14-11-20)25-18-22(3)29(23(4)19-25)28-9-7-17-35(5)31(28)30-21(2)12-15-26-27-8-6-16-34-33(27)36-32(26)30/h6-19H,1-5H3/q+1/i3D3. The average molecular weight is 473 g/mol. The Kier molecular flexibility index (Phi) is 4.47. The summed E-state index contributed by atoms with van der Waals surface area (Å²) in [4.78, 5) is 4.44. The van der Waals surface area contributed by atoms with E-state index in [4.69, 9.17) is 8.53 Å². The lowest BCUT2D eigenvalue weighted by molar-refractivity contribution is -0.659. The van der Waals surface area contributed by atoms with Crippen molar-refractivity contribution in [1.29, 1.82) is 0 Å². The van der Waals surface area contributed by atoms with Crippen LogP contribution in [0, 0.1) is 27.6 Å². The molecule has 0 unspecified atom stereocenters. The van der Waals surface area contributed by atoms with Gasteiger partial charge in [-0.1, -0.05) is 54.1 Å². The van der Waals surface area contributed by atoms with Crippen LogP contribution in [0.4, 0.5) is 0 Å². The largest absolute Gasteiger partial charge is 0.437 e. The van der Waals surface area contributed by atoms with E-state index in [2.05, 4.69) is 42.2 Å². The predicted molar refractivity (Wildman–Crippen MR) is 148 cm³/mol. The first kappa shape index (κ1) is 19.0. The van der Waals surface area contributed by atoms with Gasteiger partial charge >= 0.3 is 0 Å². The molecule has 36 heavy (non-hydrogen) atoms. The molecule has 0 radical (unpaired) electrons. The highest BCUT2D eigenvalue weighted by Crippen LogP contribution is 2.41. The maximum absolute atomic E-state index is 8.53. The smallest absolute Gasteiger partial charge is 0.227 e. The molecule has 0 aliphatic rings. The van der Waals surface area contributed by atoms with Crippen LogP contribution in [0.2, 0.25) is 0 Å². The second kappa shape index (κ2) is 8.46. The van der Waals surface area contributed by atoms with Gasteiger partial charge in [0, 0.05) is 27.1 Å². The first-order chi connectivity index (χ1) is 18.6. The summed E-state index contributed by atoms with van der Waals surface area (Å²) in [6.45, 7) is 3.79. The number of pyridine rings is 2. The molecular weight excluding hydrogens is 440 g/mol. The van der Waals surface area contributed by atoms with E-state index < -0.39 is 6.85 Å². The maximum atomic E-state index is 8.53. The molecule has 0 bridgehead atoms. The number of aryl methyl sites for hydroxylation is 5. The van der Waals surface area contributed by atoms with Crippen molar-refractivity contribution in [2.45, 2.75) is 27.6 Å². The molecule has 6 aromatic rings. The summed E-state index contributed by atoms with van der Waals surface area (Å²) in [6, 6.07) is 24.2. The minimum absolute atomic E-state index is 0.335. The zero-order valence-electron chi connectivity index (χ0n) is 23.9. The number of nitrogens with zero attached hydrogens (tertiary/aromatic N) is 2. The van der Waals surface area contributed by atoms with Crippen molar-refractivity contribution in [3.63, 3.8) is 0 Å². The molecule has 176 valence electrons. The van der Waals surface area contributed by atoms with Crippen LogP contribution < -0.4 is 4.57 Å². The second-order valence-corrected chi connectivity index (χ2v) is 9.56. The first-order valence-electron chi connectivity index (χ1n) is 13.6. The molecule has 0 amide bonds. The quantitative estimate of drug-likeness (QED) is 0.244. The molecule has 3 aromatic heterocycles. The van der Waals surface area contributed by atoms with Gasteiger partial charge in [-0.3, -0.25) is 0 Å². The number of hydrogen-bond donors (Lipinski definition) is 0. The van der Waals surface area contributed by atoms with Crippen LogP contribution in [0.3, 0.4) is 0 Å². The topological polar surface area (TPSA) is 29.9 Å². The highest BCUT2D eigenvalue weighted by atomic mass is 16.3. The molecule has 0 saturated carbocycles. The third-order valence-electron chi connectivity index (χ3n) is 7.03. The third-order valence-corrected chi connectivity index (χ3v) is 7.03. The van der Waals surface area contributed by atoms with Crippen LogP contribution in [-0.2, 0) is 7.05 Å². The van der Waals surface area contributed by atoms with E-state index in [1.165, 1.54) is 0 Å². The van der Waals surface area contributed by atoms with Crippen LogP contribution >= 0.6 is 0 Å². The highest BCUT2D eigenvalue weighted by Gasteiger charge is 2.26. The number of hydrogen-bond acceptors (Lipinski definition) is 2. The van der Waals surface area contributed by atoms with Crippen LogP contribution in [0.15, 0.2) is 89.6 Å². The molecule has 0 fully saturated rings.